The third-order valence-corrected chi connectivity index (χ3v) is 2.25. The minimum atomic E-state index is -4.61. The molecule has 1 heterocycles. The molecule has 15 heavy (non-hydrogen) atoms. The quantitative estimate of drug-likeness (QED) is 0.780. The van der Waals surface area contributed by atoms with Gasteiger partial charge in [-0.05, 0) is 36.6 Å². The highest BCUT2D eigenvalue weighted by Gasteiger charge is 2.31. The van der Waals surface area contributed by atoms with Crippen LogP contribution >= 0.6 is 0 Å². The van der Waals surface area contributed by atoms with E-state index in [1.165, 1.54) is 12.1 Å². The molecule has 0 aliphatic carbocycles. The summed E-state index contributed by atoms with van der Waals surface area (Å²) in [5.74, 6) is -0.148. The molecule has 1 aliphatic heterocycles. The fourth-order valence-corrected chi connectivity index (χ4v) is 1.65. The maximum Gasteiger partial charge on any atom is 0.573 e. The molecular weight excluding hydrogens is 207 g/mol. The minimum Gasteiger partial charge on any atom is -0.406 e. The van der Waals surface area contributed by atoms with E-state index in [-0.39, 0.29) is 5.75 Å². The topological polar surface area (TPSA) is 21.3 Å². The Morgan fingerprint density at radius 2 is 2.07 bits per heavy atom. The number of anilines is 1. The monoisotopic (exact) mass is 217 g/mol. The average molecular weight is 217 g/mol. The summed E-state index contributed by atoms with van der Waals surface area (Å²) in [6, 6.07) is 4.38. The van der Waals surface area contributed by atoms with Crippen LogP contribution in [0.3, 0.4) is 0 Å². The van der Waals surface area contributed by atoms with E-state index in [4.69, 9.17) is 0 Å². The van der Waals surface area contributed by atoms with Gasteiger partial charge in [-0.15, -0.1) is 13.2 Å². The number of hydrogen-bond donors (Lipinski definition) is 1. The van der Waals surface area contributed by atoms with Crippen molar-refractivity contribution in [2.24, 2.45) is 0 Å². The lowest BCUT2D eigenvalue weighted by atomic mass is 10.0. The second-order valence-electron chi connectivity index (χ2n) is 3.40. The first-order chi connectivity index (χ1) is 7.04. The van der Waals surface area contributed by atoms with Crippen LogP contribution in [0.2, 0.25) is 0 Å². The molecule has 0 saturated carbocycles. The number of rotatable bonds is 1. The molecular formula is C10H10F3NO. The molecule has 2 nitrogen and oxygen atoms in total. The fraction of sp³-hybridized carbons (Fsp3) is 0.400. The van der Waals surface area contributed by atoms with Crippen LogP contribution in [0.5, 0.6) is 5.75 Å². The van der Waals surface area contributed by atoms with Gasteiger partial charge in [-0.2, -0.15) is 0 Å². The number of fused-ring (bicyclic) bond motifs is 1. The molecule has 1 aromatic carbocycles. The molecule has 0 atom stereocenters. The maximum atomic E-state index is 11.9. The molecule has 0 saturated heterocycles. The van der Waals surface area contributed by atoms with Gasteiger partial charge in [0.05, 0.1) is 0 Å². The smallest absolute Gasteiger partial charge is 0.406 e. The molecule has 82 valence electrons. The van der Waals surface area contributed by atoms with Gasteiger partial charge in [0.1, 0.15) is 5.75 Å². The second-order valence-corrected chi connectivity index (χ2v) is 3.40. The van der Waals surface area contributed by atoms with Crippen molar-refractivity contribution < 1.29 is 17.9 Å². The molecule has 1 aliphatic rings. The van der Waals surface area contributed by atoms with Crippen molar-refractivity contribution in [3.8, 4) is 5.75 Å². The van der Waals surface area contributed by atoms with E-state index in [9.17, 15) is 13.2 Å². The van der Waals surface area contributed by atoms with Crippen LogP contribution in [0, 0.1) is 0 Å². The largest absolute Gasteiger partial charge is 0.573 e. The SMILES string of the molecule is FC(F)(F)Oc1ccc2c(c1)CCCN2. The van der Waals surface area contributed by atoms with Gasteiger partial charge in [0.25, 0.3) is 0 Å². The Hall–Kier alpha value is -1.39. The third-order valence-electron chi connectivity index (χ3n) is 2.25. The van der Waals surface area contributed by atoms with Crippen LogP contribution in [0.4, 0.5) is 18.9 Å². The standard InChI is InChI=1S/C10H10F3NO/c11-10(12,13)15-8-3-4-9-7(6-8)2-1-5-14-9/h3-4,6,14H,1-2,5H2. The van der Waals surface area contributed by atoms with Gasteiger partial charge in [-0.1, -0.05) is 0 Å². The number of halogens is 3. The van der Waals surface area contributed by atoms with Crippen LogP contribution in [0.1, 0.15) is 12.0 Å². The molecule has 0 spiro atoms. The van der Waals surface area contributed by atoms with E-state index in [2.05, 4.69) is 10.1 Å². The van der Waals surface area contributed by atoms with Crippen molar-refractivity contribution in [1.82, 2.24) is 0 Å². The van der Waals surface area contributed by atoms with Crippen molar-refractivity contribution in [3.63, 3.8) is 0 Å². The first kappa shape index (κ1) is 10.1. The molecule has 1 N–H and O–H groups in total. The highest BCUT2D eigenvalue weighted by molar-refractivity contribution is 5.55. The van der Waals surface area contributed by atoms with Gasteiger partial charge < -0.3 is 10.1 Å². The number of ether oxygens (including phenoxy) is 1. The molecule has 0 bridgehead atoms. The number of benzene rings is 1. The summed E-state index contributed by atoms with van der Waals surface area (Å²) in [4.78, 5) is 0. The van der Waals surface area contributed by atoms with Crippen molar-refractivity contribution in [1.29, 1.82) is 0 Å². The van der Waals surface area contributed by atoms with Gasteiger partial charge in [0, 0.05) is 12.2 Å². The van der Waals surface area contributed by atoms with E-state index in [0.29, 0.717) is 0 Å². The summed E-state index contributed by atoms with van der Waals surface area (Å²) >= 11 is 0. The minimum absolute atomic E-state index is 0.148. The summed E-state index contributed by atoms with van der Waals surface area (Å²) in [6.45, 7) is 0.868. The lowest BCUT2D eigenvalue weighted by molar-refractivity contribution is -0.274. The van der Waals surface area contributed by atoms with Gasteiger partial charge in [0.15, 0.2) is 0 Å². The van der Waals surface area contributed by atoms with Crippen LogP contribution in [-0.4, -0.2) is 12.9 Å². The van der Waals surface area contributed by atoms with Crippen LogP contribution < -0.4 is 10.1 Å². The van der Waals surface area contributed by atoms with E-state index in [1.54, 1.807) is 6.07 Å². The summed E-state index contributed by atoms with van der Waals surface area (Å²) in [6.07, 6.45) is -2.89. The Labute approximate surface area is 85.0 Å². The Bertz CT molecular complexity index is 362. The highest BCUT2D eigenvalue weighted by atomic mass is 19.4. The predicted octanol–water partition coefficient (Wildman–Crippen LogP) is 2.94. The number of aryl methyl sites for hydroxylation is 1. The summed E-state index contributed by atoms with van der Waals surface area (Å²) < 4.78 is 39.6. The summed E-state index contributed by atoms with van der Waals surface area (Å²) in [5, 5.41) is 3.12. The second kappa shape index (κ2) is 3.64. The molecule has 0 unspecified atom stereocenters. The summed E-state index contributed by atoms with van der Waals surface area (Å²) in [5.41, 5.74) is 1.78. The van der Waals surface area contributed by atoms with Crippen molar-refractivity contribution in [2.75, 3.05) is 11.9 Å². The van der Waals surface area contributed by atoms with Crippen molar-refractivity contribution >= 4 is 5.69 Å². The van der Waals surface area contributed by atoms with Crippen LogP contribution in [0.15, 0.2) is 18.2 Å². The van der Waals surface area contributed by atoms with Gasteiger partial charge in [0.2, 0.25) is 0 Å². The third kappa shape index (κ3) is 2.55. The predicted molar refractivity (Wildman–Crippen MR) is 49.9 cm³/mol. The fourth-order valence-electron chi connectivity index (χ4n) is 1.65. The van der Waals surface area contributed by atoms with E-state index in [0.717, 1.165) is 30.6 Å². The molecule has 5 heteroatoms. The zero-order valence-electron chi connectivity index (χ0n) is 7.90. The Morgan fingerprint density at radius 1 is 1.27 bits per heavy atom. The number of nitrogens with one attached hydrogen (secondary N) is 1. The number of hydrogen-bond acceptors (Lipinski definition) is 2. The highest BCUT2D eigenvalue weighted by Crippen LogP contribution is 2.29. The van der Waals surface area contributed by atoms with Crippen molar-refractivity contribution in [3.05, 3.63) is 23.8 Å². The van der Waals surface area contributed by atoms with Crippen LogP contribution in [-0.2, 0) is 6.42 Å². The molecule has 0 fully saturated rings. The lowest BCUT2D eigenvalue weighted by Crippen LogP contribution is -2.18. The van der Waals surface area contributed by atoms with Crippen LogP contribution in [0.25, 0.3) is 0 Å². The Morgan fingerprint density at radius 3 is 2.80 bits per heavy atom. The summed E-state index contributed by atoms with van der Waals surface area (Å²) in [7, 11) is 0. The molecule has 0 aromatic heterocycles. The molecule has 0 radical (unpaired) electrons. The Kier molecular flexibility index (Phi) is 2.46. The Balaban J connectivity index is 2.21. The normalized spacial score (nSPS) is 15.4. The lowest BCUT2D eigenvalue weighted by Gasteiger charge is -2.19. The molecule has 0 amide bonds. The van der Waals surface area contributed by atoms with Crippen molar-refractivity contribution in [2.45, 2.75) is 19.2 Å². The number of alkyl halides is 3. The average Bonchev–Trinajstić information content (AvgIpc) is 2.15. The van der Waals surface area contributed by atoms with E-state index in [1.807, 2.05) is 0 Å². The van der Waals surface area contributed by atoms with Gasteiger partial charge in [-0.25, -0.2) is 0 Å². The first-order valence-corrected chi connectivity index (χ1v) is 4.67. The molecule has 1 aromatic rings. The van der Waals surface area contributed by atoms with Gasteiger partial charge in [-0.3, -0.25) is 0 Å². The van der Waals surface area contributed by atoms with E-state index < -0.39 is 6.36 Å². The van der Waals surface area contributed by atoms with Gasteiger partial charge >= 0.3 is 6.36 Å². The zero-order valence-corrected chi connectivity index (χ0v) is 7.90. The first-order valence-electron chi connectivity index (χ1n) is 4.67. The zero-order chi connectivity index (χ0) is 10.9. The maximum absolute atomic E-state index is 11.9. The van der Waals surface area contributed by atoms with E-state index >= 15 is 0 Å². The molecule has 2 rings (SSSR count).